The summed E-state index contributed by atoms with van der Waals surface area (Å²) in [6.45, 7) is 1.66. The first-order valence-corrected chi connectivity index (χ1v) is 4.33. The van der Waals surface area contributed by atoms with E-state index in [0.29, 0.717) is 0 Å². The first-order valence-electron chi connectivity index (χ1n) is 3.54. The Labute approximate surface area is 73.7 Å². The molecule has 0 heterocycles. The van der Waals surface area contributed by atoms with Crippen molar-refractivity contribution in [2.45, 2.75) is 30.1 Å². The number of alkyl halides is 1. The summed E-state index contributed by atoms with van der Waals surface area (Å²) in [5.74, 6) is -0.0721. The maximum atomic E-state index is 11.2. The van der Waals surface area contributed by atoms with E-state index in [2.05, 4.69) is 21.2 Å². The molecule has 0 radical (unpaired) electrons. The van der Waals surface area contributed by atoms with Gasteiger partial charge in [-0.3, -0.25) is 4.79 Å². The summed E-state index contributed by atoms with van der Waals surface area (Å²) in [5, 5.41) is 2.58. The van der Waals surface area contributed by atoms with Crippen LogP contribution in [0.25, 0.3) is 0 Å². The lowest BCUT2D eigenvalue weighted by Crippen LogP contribution is -2.39. The lowest BCUT2D eigenvalue weighted by molar-refractivity contribution is -0.123. The van der Waals surface area contributed by atoms with E-state index in [0.717, 1.165) is 19.1 Å². The van der Waals surface area contributed by atoms with Gasteiger partial charge in [-0.25, -0.2) is 0 Å². The number of halogens is 1. The molecule has 1 saturated carbocycles. The summed E-state index contributed by atoms with van der Waals surface area (Å²) in [7, 11) is 0. The zero-order valence-electron chi connectivity index (χ0n) is 6.26. The highest BCUT2D eigenvalue weighted by Gasteiger charge is 2.47. The third kappa shape index (κ3) is 2.02. The van der Waals surface area contributed by atoms with E-state index in [1.807, 2.05) is 0 Å². The predicted molar refractivity (Wildman–Crippen MR) is 44.6 cm³/mol. The van der Waals surface area contributed by atoms with Crippen molar-refractivity contribution < 1.29 is 9.59 Å². The fourth-order valence-corrected chi connectivity index (χ4v) is 1.02. The molecule has 1 N–H and O–H groups in total. The first kappa shape index (κ1) is 8.71. The van der Waals surface area contributed by atoms with Crippen molar-refractivity contribution in [3.8, 4) is 0 Å². The van der Waals surface area contributed by atoms with Gasteiger partial charge in [-0.2, -0.15) is 0 Å². The number of rotatable bonds is 3. The zero-order valence-corrected chi connectivity index (χ0v) is 7.85. The second kappa shape index (κ2) is 2.93. The van der Waals surface area contributed by atoms with Crippen LogP contribution < -0.4 is 5.32 Å². The summed E-state index contributed by atoms with van der Waals surface area (Å²) in [6.07, 6.45) is 2.45. The molecule has 4 heteroatoms. The van der Waals surface area contributed by atoms with Crippen LogP contribution in [0.4, 0.5) is 0 Å². The fraction of sp³-hybridized carbons (Fsp3) is 0.714. The van der Waals surface area contributed by atoms with Gasteiger partial charge in [0.2, 0.25) is 5.91 Å². The summed E-state index contributed by atoms with van der Waals surface area (Å²) >= 11 is 3.28. The van der Waals surface area contributed by atoms with E-state index in [-0.39, 0.29) is 16.3 Å². The molecule has 0 aromatic rings. The molecule has 1 amide bonds. The van der Waals surface area contributed by atoms with Crippen molar-refractivity contribution >= 4 is 28.1 Å². The second-order valence-electron chi connectivity index (χ2n) is 2.86. The average molecular weight is 220 g/mol. The maximum absolute atomic E-state index is 11.2. The molecule has 1 aliphatic carbocycles. The zero-order chi connectivity index (χ0) is 8.48. The quantitative estimate of drug-likeness (QED) is 0.559. The molecule has 0 saturated heterocycles. The van der Waals surface area contributed by atoms with E-state index in [1.54, 1.807) is 6.92 Å². The SMILES string of the molecule is CC(C=O)NC(=O)C1(Br)CC1. The molecule has 0 aliphatic heterocycles. The highest BCUT2D eigenvalue weighted by Crippen LogP contribution is 2.44. The molecule has 3 nitrogen and oxygen atoms in total. The van der Waals surface area contributed by atoms with Crippen LogP contribution in [0.15, 0.2) is 0 Å². The third-order valence-electron chi connectivity index (χ3n) is 1.66. The van der Waals surface area contributed by atoms with E-state index in [9.17, 15) is 9.59 Å². The Balaban J connectivity index is 2.37. The normalized spacial score (nSPS) is 22.0. The van der Waals surface area contributed by atoms with Gasteiger partial charge < -0.3 is 10.1 Å². The van der Waals surface area contributed by atoms with Gasteiger partial charge in [0.1, 0.15) is 10.6 Å². The summed E-state index contributed by atoms with van der Waals surface area (Å²) < 4.78 is -0.357. The fourth-order valence-electron chi connectivity index (χ4n) is 0.707. The number of hydrogen-bond acceptors (Lipinski definition) is 2. The number of hydrogen-bond donors (Lipinski definition) is 1. The molecular formula is C7H10BrNO2. The largest absolute Gasteiger partial charge is 0.346 e. The van der Waals surface area contributed by atoms with Crippen LogP contribution >= 0.6 is 15.9 Å². The van der Waals surface area contributed by atoms with Crippen molar-refractivity contribution in [2.24, 2.45) is 0 Å². The average Bonchev–Trinajstić information content (AvgIpc) is 2.69. The smallest absolute Gasteiger partial charge is 0.237 e. The first-order chi connectivity index (χ1) is 5.08. The Morgan fingerprint density at radius 1 is 1.73 bits per heavy atom. The lowest BCUT2D eigenvalue weighted by Gasteiger charge is -2.09. The van der Waals surface area contributed by atoms with Gasteiger partial charge in [-0.15, -0.1) is 0 Å². The van der Waals surface area contributed by atoms with Crippen LogP contribution in [-0.4, -0.2) is 22.6 Å². The number of carbonyl (C=O) groups excluding carboxylic acids is 2. The van der Waals surface area contributed by atoms with Gasteiger partial charge in [0.15, 0.2) is 0 Å². The van der Waals surface area contributed by atoms with Gasteiger partial charge in [-0.05, 0) is 19.8 Å². The lowest BCUT2D eigenvalue weighted by atomic mass is 10.3. The Morgan fingerprint density at radius 3 is 2.64 bits per heavy atom. The van der Waals surface area contributed by atoms with Crippen LogP contribution in [0.1, 0.15) is 19.8 Å². The standard InChI is InChI=1S/C7H10BrNO2/c1-5(4-10)9-6(11)7(8)2-3-7/h4-5H,2-3H2,1H3,(H,9,11). The maximum Gasteiger partial charge on any atom is 0.237 e. The van der Waals surface area contributed by atoms with Crippen LogP contribution in [0.3, 0.4) is 0 Å². The summed E-state index contributed by atoms with van der Waals surface area (Å²) in [5.41, 5.74) is 0. The van der Waals surface area contributed by atoms with Gasteiger partial charge in [0.25, 0.3) is 0 Å². The van der Waals surface area contributed by atoms with Crippen LogP contribution in [0.5, 0.6) is 0 Å². The molecule has 0 bridgehead atoms. The topological polar surface area (TPSA) is 46.2 Å². The molecule has 62 valence electrons. The molecule has 1 rings (SSSR count). The van der Waals surface area contributed by atoms with Crippen LogP contribution in [0.2, 0.25) is 0 Å². The van der Waals surface area contributed by atoms with Crippen molar-refractivity contribution in [3.63, 3.8) is 0 Å². The minimum absolute atomic E-state index is 0.0721. The molecule has 1 fully saturated rings. The molecule has 1 atom stereocenters. The summed E-state index contributed by atoms with van der Waals surface area (Å²) in [4.78, 5) is 21.3. The van der Waals surface area contributed by atoms with Crippen molar-refractivity contribution in [2.75, 3.05) is 0 Å². The number of carbonyl (C=O) groups is 2. The molecule has 0 aromatic carbocycles. The van der Waals surface area contributed by atoms with Crippen molar-refractivity contribution in [3.05, 3.63) is 0 Å². The van der Waals surface area contributed by atoms with Crippen LogP contribution in [-0.2, 0) is 9.59 Å². The Hall–Kier alpha value is -0.380. The Bertz CT molecular complexity index is 189. The monoisotopic (exact) mass is 219 g/mol. The van der Waals surface area contributed by atoms with Gasteiger partial charge in [0.05, 0.1) is 6.04 Å². The van der Waals surface area contributed by atoms with E-state index in [1.165, 1.54) is 0 Å². The minimum Gasteiger partial charge on any atom is -0.346 e. The highest BCUT2D eigenvalue weighted by atomic mass is 79.9. The third-order valence-corrected chi connectivity index (χ3v) is 2.81. The molecule has 0 aromatic heterocycles. The van der Waals surface area contributed by atoms with E-state index < -0.39 is 0 Å². The van der Waals surface area contributed by atoms with Crippen LogP contribution in [0, 0.1) is 0 Å². The molecule has 1 unspecified atom stereocenters. The van der Waals surface area contributed by atoms with E-state index >= 15 is 0 Å². The molecule has 1 aliphatic rings. The number of aldehydes is 1. The summed E-state index contributed by atoms with van der Waals surface area (Å²) in [6, 6.07) is -0.377. The van der Waals surface area contributed by atoms with Crippen molar-refractivity contribution in [1.82, 2.24) is 5.32 Å². The van der Waals surface area contributed by atoms with Gasteiger partial charge >= 0.3 is 0 Å². The minimum atomic E-state index is -0.377. The highest BCUT2D eigenvalue weighted by molar-refractivity contribution is 9.10. The Morgan fingerprint density at radius 2 is 2.27 bits per heavy atom. The van der Waals surface area contributed by atoms with Crippen molar-refractivity contribution in [1.29, 1.82) is 0 Å². The molecule has 0 spiro atoms. The Kier molecular flexibility index (Phi) is 2.32. The van der Waals surface area contributed by atoms with Gasteiger partial charge in [0, 0.05) is 0 Å². The second-order valence-corrected chi connectivity index (χ2v) is 4.38. The molecular weight excluding hydrogens is 210 g/mol. The van der Waals surface area contributed by atoms with Gasteiger partial charge in [-0.1, -0.05) is 15.9 Å². The predicted octanol–water partition coefficient (Wildman–Crippen LogP) is 0.617. The number of nitrogens with one attached hydrogen (secondary N) is 1. The van der Waals surface area contributed by atoms with E-state index in [4.69, 9.17) is 0 Å². The molecule has 11 heavy (non-hydrogen) atoms. The number of amides is 1.